The Hall–Kier alpha value is -0.0800. The van der Waals surface area contributed by atoms with Crippen molar-refractivity contribution in [3.8, 4) is 0 Å². The van der Waals surface area contributed by atoms with Gasteiger partial charge in [-0.1, -0.05) is 171 Å². The lowest BCUT2D eigenvalue weighted by Gasteiger charge is -2.33. The molecule has 0 aromatic heterocycles. The maximum absolute atomic E-state index is 6.58. The van der Waals surface area contributed by atoms with Crippen LogP contribution in [0.25, 0.3) is 0 Å². The highest BCUT2D eigenvalue weighted by Gasteiger charge is 2.29. The van der Waals surface area contributed by atoms with Crippen molar-refractivity contribution in [3.63, 3.8) is 0 Å². The second kappa shape index (κ2) is 25.4. The summed E-state index contributed by atoms with van der Waals surface area (Å²) >= 11 is 0. The Morgan fingerprint density at radius 1 is 0.350 bits per heavy atom. The molecule has 2 heteroatoms. The van der Waals surface area contributed by atoms with Gasteiger partial charge in [0.1, 0.15) is 0 Å². The van der Waals surface area contributed by atoms with E-state index in [-0.39, 0.29) is 5.79 Å². The van der Waals surface area contributed by atoms with E-state index in [1.165, 1.54) is 148 Å². The molecule has 0 amide bonds. The molecular weight excluding hydrogens is 488 g/mol. The van der Waals surface area contributed by atoms with E-state index < -0.39 is 0 Å². The second-order valence-corrected chi connectivity index (χ2v) is 15.4. The van der Waals surface area contributed by atoms with Gasteiger partial charge in [0.25, 0.3) is 0 Å². The summed E-state index contributed by atoms with van der Waals surface area (Å²) < 4.78 is 13.2. The molecule has 0 aliphatic carbocycles. The summed E-state index contributed by atoms with van der Waals surface area (Å²) in [6.07, 6.45) is 33.0. The number of rotatable bonds is 29. The Balaban J connectivity index is 4.24. The Bertz CT molecular complexity index is 479. The van der Waals surface area contributed by atoms with Crippen LogP contribution in [0.5, 0.6) is 0 Å². The van der Waals surface area contributed by atoms with Crippen LogP contribution in [0, 0.1) is 10.8 Å². The number of hydrogen-bond donors (Lipinski definition) is 0. The molecule has 0 N–H and O–H groups in total. The van der Waals surface area contributed by atoms with Crippen molar-refractivity contribution in [2.45, 2.75) is 222 Å². The molecule has 242 valence electrons. The van der Waals surface area contributed by atoms with Gasteiger partial charge in [-0.2, -0.15) is 0 Å². The van der Waals surface area contributed by atoms with E-state index in [9.17, 15) is 0 Å². The van der Waals surface area contributed by atoms with E-state index >= 15 is 0 Å². The van der Waals surface area contributed by atoms with Crippen LogP contribution in [0.1, 0.15) is 216 Å². The Morgan fingerprint density at radius 2 is 0.650 bits per heavy atom. The van der Waals surface area contributed by atoms with Crippen LogP contribution in [0.2, 0.25) is 0 Å². The highest BCUT2D eigenvalue weighted by atomic mass is 16.7. The van der Waals surface area contributed by atoms with Crippen molar-refractivity contribution in [2.24, 2.45) is 10.8 Å². The molecule has 2 nitrogen and oxygen atoms in total. The van der Waals surface area contributed by atoms with Crippen LogP contribution in [0.4, 0.5) is 0 Å². The van der Waals surface area contributed by atoms with Gasteiger partial charge in [-0.15, -0.1) is 0 Å². The van der Waals surface area contributed by atoms with Crippen LogP contribution in [-0.4, -0.2) is 19.0 Å². The minimum absolute atomic E-state index is 0.344. The predicted octanol–water partition coefficient (Wildman–Crippen LogP) is 13.6. The van der Waals surface area contributed by atoms with Crippen LogP contribution in [-0.2, 0) is 9.47 Å². The standard InChI is InChI=1S/C38H78O2/c1-9-11-12-13-16-23-28-33-38(10-2,39-34-29-24-19-14-17-21-26-31-36(3,4)5)40-35-30-25-20-15-18-22-27-32-37(6,7)8/h9-35H2,1-8H3. The third-order valence-corrected chi connectivity index (χ3v) is 8.57. The minimum atomic E-state index is -0.344. The molecule has 40 heavy (non-hydrogen) atoms. The van der Waals surface area contributed by atoms with Crippen molar-refractivity contribution >= 4 is 0 Å². The van der Waals surface area contributed by atoms with Crippen LogP contribution in [0.15, 0.2) is 0 Å². The molecule has 0 unspecified atom stereocenters. The van der Waals surface area contributed by atoms with E-state index in [1.54, 1.807) is 0 Å². The number of hydrogen-bond acceptors (Lipinski definition) is 2. The zero-order chi connectivity index (χ0) is 30.0. The first-order valence-electron chi connectivity index (χ1n) is 18.3. The fourth-order valence-electron chi connectivity index (χ4n) is 5.72. The molecule has 0 radical (unpaired) electrons. The molecule has 0 spiro atoms. The monoisotopic (exact) mass is 567 g/mol. The summed E-state index contributed by atoms with van der Waals surface area (Å²) in [5, 5.41) is 0. The van der Waals surface area contributed by atoms with Gasteiger partial charge in [-0.3, -0.25) is 0 Å². The van der Waals surface area contributed by atoms with E-state index in [1.807, 2.05) is 0 Å². The summed E-state index contributed by atoms with van der Waals surface area (Å²) in [6, 6.07) is 0. The maximum atomic E-state index is 6.58. The van der Waals surface area contributed by atoms with E-state index in [4.69, 9.17) is 9.47 Å². The van der Waals surface area contributed by atoms with Crippen molar-refractivity contribution < 1.29 is 9.47 Å². The largest absolute Gasteiger partial charge is 0.350 e. The molecule has 0 rings (SSSR count). The SMILES string of the molecule is CCCCCCCCCC(CC)(OCCCCCCCCCC(C)(C)C)OCCCCCCCCCC(C)(C)C. The lowest BCUT2D eigenvalue weighted by Crippen LogP contribution is -2.36. The number of unbranched alkanes of at least 4 members (excludes halogenated alkanes) is 18. The maximum Gasteiger partial charge on any atom is 0.168 e. The summed E-state index contributed by atoms with van der Waals surface area (Å²) in [7, 11) is 0. The average molecular weight is 567 g/mol. The molecule has 0 saturated heterocycles. The average Bonchev–Trinajstić information content (AvgIpc) is 2.88. The van der Waals surface area contributed by atoms with Gasteiger partial charge < -0.3 is 9.47 Å². The van der Waals surface area contributed by atoms with Gasteiger partial charge >= 0.3 is 0 Å². The molecule has 0 atom stereocenters. The van der Waals surface area contributed by atoms with Gasteiger partial charge in [0.2, 0.25) is 0 Å². The summed E-state index contributed by atoms with van der Waals surface area (Å²) in [4.78, 5) is 0. The predicted molar refractivity (Wildman–Crippen MR) is 180 cm³/mol. The van der Waals surface area contributed by atoms with Crippen molar-refractivity contribution in [1.82, 2.24) is 0 Å². The zero-order valence-electron chi connectivity index (χ0n) is 29.4. The topological polar surface area (TPSA) is 18.5 Å². The third kappa shape index (κ3) is 28.1. The van der Waals surface area contributed by atoms with Crippen molar-refractivity contribution in [2.75, 3.05) is 13.2 Å². The van der Waals surface area contributed by atoms with Gasteiger partial charge in [0.05, 0.1) is 13.2 Å². The number of ether oxygens (including phenoxy) is 2. The lowest BCUT2D eigenvalue weighted by molar-refractivity contribution is -0.244. The van der Waals surface area contributed by atoms with E-state index in [2.05, 4.69) is 55.4 Å². The first-order valence-corrected chi connectivity index (χ1v) is 18.3. The fourth-order valence-corrected chi connectivity index (χ4v) is 5.72. The first kappa shape index (κ1) is 39.9. The van der Waals surface area contributed by atoms with Crippen LogP contribution in [0.3, 0.4) is 0 Å². The Labute approximate surface area is 254 Å². The van der Waals surface area contributed by atoms with E-state index in [0.717, 1.165) is 26.1 Å². The highest BCUT2D eigenvalue weighted by Crippen LogP contribution is 2.28. The first-order chi connectivity index (χ1) is 19.0. The molecule has 0 bridgehead atoms. The molecule has 0 aliphatic rings. The molecule has 0 heterocycles. The molecule has 0 aliphatic heterocycles. The van der Waals surface area contributed by atoms with Crippen LogP contribution >= 0.6 is 0 Å². The molecule has 0 fully saturated rings. The van der Waals surface area contributed by atoms with Crippen LogP contribution < -0.4 is 0 Å². The molecular formula is C38H78O2. The van der Waals surface area contributed by atoms with Crippen molar-refractivity contribution in [3.05, 3.63) is 0 Å². The fraction of sp³-hybridized carbons (Fsp3) is 1.00. The Kier molecular flexibility index (Phi) is 25.4. The van der Waals surface area contributed by atoms with Gasteiger partial charge in [0, 0.05) is 6.42 Å². The molecule has 0 aromatic rings. The lowest BCUT2D eigenvalue weighted by atomic mass is 9.89. The molecule has 0 aromatic carbocycles. The quantitative estimate of drug-likeness (QED) is 0.0662. The minimum Gasteiger partial charge on any atom is -0.350 e. The van der Waals surface area contributed by atoms with E-state index in [0.29, 0.717) is 10.8 Å². The second-order valence-electron chi connectivity index (χ2n) is 15.4. The third-order valence-electron chi connectivity index (χ3n) is 8.57. The highest BCUT2D eigenvalue weighted by molar-refractivity contribution is 4.70. The van der Waals surface area contributed by atoms with Gasteiger partial charge in [0.15, 0.2) is 5.79 Å². The zero-order valence-corrected chi connectivity index (χ0v) is 29.4. The van der Waals surface area contributed by atoms with Gasteiger partial charge in [-0.25, -0.2) is 0 Å². The summed E-state index contributed by atoms with van der Waals surface area (Å²) in [5.74, 6) is -0.344. The smallest absolute Gasteiger partial charge is 0.168 e. The molecule has 0 saturated carbocycles. The van der Waals surface area contributed by atoms with Gasteiger partial charge in [-0.05, 0) is 49.4 Å². The Morgan fingerprint density at radius 3 is 0.975 bits per heavy atom. The van der Waals surface area contributed by atoms with Crippen molar-refractivity contribution in [1.29, 1.82) is 0 Å². The summed E-state index contributed by atoms with van der Waals surface area (Å²) in [5.41, 5.74) is 0.984. The summed E-state index contributed by atoms with van der Waals surface area (Å²) in [6.45, 7) is 20.5. The normalized spacial score (nSPS) is 12.9.